The lowest BCUT2D eigenvalue weighted by Crippen LogP contribution is -2.20. The molecular weight excluding hydrogens is 245 g/mol. The highest BCUT2D eigenvalue weighted by molar-refractivity contribution is 5.31. The van der Waals surface area contributed by atoms with E-state index in [0.717, 1.165) is 11.4 Å². The van der Waals surface area contributed by atoms with Gasteiger partial charge in [0, 0.05) is 31.9 Å². The third-order valence-electron chi connectivity index (χ3n) is 3.23. The Bertz CT molecular complexity index is 553. The van der Waals surface area contributed by atoms with Crippen LogP contribution >= 0.6 is 0 Å². The molecule has 1 aromatic heterocycles. The number of imidazole rings is 1. The Morgan fingerprint density at radius 2 is 2.26 bits per heavy atom. The molecule has 0 fully saturated rings. The zero-order valence-electron chi connectivity index (χ0n) is 11.4. The molecule has 19 heavy (non-hydrogen) atoms. The summed E-state index contributed by atoms with van der Waals surface area (Å²) < 4.78 is 20.6. The Hall–Kier alpha value is -1.88. The van der Waals surface area contributed by atoms with Crippen LogP contribution in [0.5, 0.6) is 5.75 Å². The fourth-order valence-electron chi connectivity index (χ4n) is 2.06. The van der Waals surface area contributed by atoms with Crippen LogP contribution in [0.2, 0.25) is 0 Å². The molecule has 4 nitrogen and oxygen atoms in total. The Labute approximate surface area is 112 Å². The number of aromatic nitrogens is 2. The monoisotopic (exact) mass is 263 g/mol. The van der Waals surface area contributed by atoms with Crippen molar-refractivity contribution < 1.29 is 9.13 Å². The summed E-state index contributed by atoms with van der Waals surface area (Å²) in [6, 6.07) is 5.03. The van der Waals surface area contributed by atoms with E-state index in [2.05, 4.69) is 10.3 Å². The second-order valence-electron chi connectivity index (χ2n) is 4.39. The van der Waals surface area contributed by atoms with Crippen LogP contribution in [0.4, 0.5) is 4.39 Å². The van der Waals surface area contributed by atoms with Crippen LogP contribution in [0.1, 0.15) is 17.4 Å². The molecule has 0 saturated carbocycles. The molecule has 1 atom stereocenters. The molecular formula is C14H18FN3O. The van der Waals surface area contributed by atoms with Crippen molar-refractivity contribution in [2.45, 2.75) is 12.5 Å². The van der Waals surface area contributed by atoms with Crippen LogP contribution in [0.3, 0.4) is 0 Å². The SMILES string of the molecule is CNC(Cc1nccn1C)c1ccc(OC)c(F)c1. The number of benzene rings is 1. The highest BCUT2D eigenvalue weighted by atomic mass is 19.1. The lowest BCUT2D eigenvalue weighted by Gasteiger charge is -2.17. The van der Waals surface area contributed by atoms with Crippen molar-refractivity contribution in [1.82, 2.24) is 14.9 Å². The van der Waals surface area contributed by atoms with Crippen LogP contribution in [0.25, 0.3) is 0 Å². The summed E-state index contributed by atoms with van der Waals surface area (Å²) in [5.41, 5.74) is 0.879. The maximum absolute atomic E-state index is 13.7. The summed E-state index contributed by atoms with van der Waals surface area (Å²) in [6.07, 6.45) is 4.36. The minimum atomic E-state index is -0.347. The molecule has 0 radical (unpaired) electrons. The first kappa shape index (κ1) is 13.5. The van der Waals surface area contributed by atoms with Gasteiger partial charge in [-0.2, -0.15) is 0 Å². The molecule has 1 aromatic carbocycles. The van der Waals surface area contributed by atoms with E-state index in [1.807, 2.05) is 30.9 Å². The van der Waals surface area contributed by atoms with Crippen LogP contribution in [0.15, 0.2) is 30.6 Å². The third-order valence-corrected chi connectivity index (χ3v) is 3.23. The van der Waals surface area contributed by atoms with Crippen molar-refractivity contribution in [3.05, 3.63) is 47.8 Å². The van der Waals surface area contributed by atoms with Crippen LogP contribution < -0.4 is 10.1 Å². The van der Waals surface area contributed by atoms with Gasteiger partial charge in [-0.1, -0.05) is 6.07 Å². The maximum Gasteiger partial charge on any atom is 0.165 e. The lowest BCUT2D eigenvalue weighted by molar-refractivity contribution is 0.385. The van der Waals surface area contributed by atoms with Crippen molar-refractivity contribution in [2.75, 3.05) is 14.2 Å². The van der Waals surface area contributed by atoms with E-state index in [9.17, 15) is 4.39 Å². The minimum Gasteiger partial charge on any atom is -0.494 e. The zero-order chi connectivity index (χ0) is 13.8. The van der Waals surface area contributed by atoms with E-state index in [4.69, 9.17) is 4.74 Å². The molecule has 1 N–H and O–H groups in total. The number of rotatable bonds is 5. The quantitative estimate of drug-likeness (QED) is 0.897. The van der Waals surface area contributed by atoms with Gasteiger partial charge in [-0.3, -0.25) is 0 Å². The number of aryl methyl sites for hydroxylation is 1. The summed E-state index contributed by atoms with van der Waals surface area (Å²) in [4.78, 5) is 4.29. The molecule has 102 valence electrons. The highest BCUT2D eigenvalue weighted by Gasteiger charge is 2.15. The van der Waals surface area contributed by atoms with Crippen molar-refractivity contribution in [1.29, 1.82) is 0 Å². The average Bonchev–Trinajstić information content (AvgIpc) is 2.81. The zero-order valence-corrected chi connectivity index (χ0v) is 11.4. The average molecular weight is 263 g/mol. The molecule has 2 aromatic rings. The van der Waals surface area contributed by atoms with Crippen molar-refractivity contribution in [2.24, 2.45) is 7.05 Å². The van der Waals surface area contributed by atoms with Gasteiger partial charge >= 0.3 is 0 Å². The second kappa shape index (κ2) is 5.84. The predicted octanol–water partition coefficient (Wildman–Crippen LogP) is 2.07. The fraction of sp³-hybridized carbons (Fsp3) is 0.357. The Morgan fingerprint density at radius 3 is 2.79 bits per heavy atom. The van der Waals surface area contributed by atoms with Crippen molar-refractivity contribution in [3.8, 4) is 5.75 Å². The molecule has 0 aliphatic rings. The number of hydrogen-bond donors (Lipinski definition) is 1. The normalized spacial score (nSPS) is 12.4. The van der Waals surface area contributed by atoms with Crippen molar-refractivity contribution in [3.63, 3.8) is 0 Å². The molecule has 0 aliphatic heterocycles. The summed E-state index contributed by atoms with van der Waals surface area (Å²) in [7, 11) is 5.26. The first-order chi connectivity index (χ1) is 9.15. The Balaban J connectivity index is 2.22. The second-order valence-corrected chi connectivity index (χ2v) is 4.39. The summed E-state index contributed by atoms with van der Waals surface area (Å²) in [5.74, 6) is 0.867. The predicted molar refractivity (Wildman–Crippen MR) is 71.7 cm³/mol. The minimum absolute atomic E-state index is 0.0153. The van der Waals surface area contributed by atoms with Gasteiger partial charge in [0.25, 0.3) is 0 Å². The van der Waals surface area contributed by atoms with E-state index in [0.29, 0.717) is 6.42 Å². The lowest BCUT2D eigenvalue weighted by atomic mass is 10.0. The van der Waals surface area contributed by atoms with Gasteiger partial charge in [-0.05, 0) is 24.7 Å². The standard InChI is InChI=1S/C14H18FN3O/c1-16-12(9-14-17-6-7-18(14)2)10-4-5-13(19-3)11(15)8-10/h4-8,12,16H,9H2,1-3H3. The van der Waals surface area contributed by atoms with Crippen LogP contribution in [-0.4, -0.2) is 23.7 Å². The number of nitrogens with one attached hydrogen (secondary N) is 1. The van der Waals surface area contributed by atoms with E-state index < -0.39 is 0 Å². The number of ether oxygens (including phenoxy) is 1. The first-order valence-corrected chi connectivity index (χ1v) is 6.12. The van der Waals surface area contributed by atoms with Gasteiger partial charge in [0.15, 0.2) is 11.6 Å². The molecule has 5 heteroatoms. The summed E-state index contributed by atoms with van der Waals surface area (Å²) >= 11 is 0. The number of halogens is 1. The van der Waals surface area contributed by atoms with Gasteiger partial charge in [0.1, 0.15) is 5.82 Å². The summed E-state index contributed by atoms with van der Waals surface area (Å²) in [5, 5.41) is 3.19. The molecule has 1 unspecified atom stereocenters. The molecule has 2 rings (SSSR count). The fourth-order valence-corrected chi connectivity index (χ4v) is 2.06. The van der Waals surface area contributed by atoms with Gasteiger partial charge in [0.05, 0.1) is 7.11 Å². The van der Waals surface area contributed by atoms with E-state index in [1.165, 1.54) is 13.2 Å². The molecule has 1 heterocycles. The smallest absolute Gasteiger partial charge is 0.165 e. The van der Waals surface area contributed by atoms with Crippen LogP contribution in [-0.2, 0) is 13.5 Å². The summed E-state index contributed by atoms with van der Waals surface area (Å²) in [6.45, 7) is 0. The molecule has 0 bridgehead atoms. The molecule has 0 spiro atoms. The van der Waals surface area contributed by atoms with Gasteiger partial charge in [-0.15, -0.1) is 0 Å². The Kier molecular flexibility index (Phi) is 4.16. The van der Waals surface area contributed by atoms with Crippen LogP contribution in [0, 0.1) is 5.82 Å². The third kappa shape index (κ3) is 2.93. The number of nitrogens with zero attached hydrogens (tertiary/aromatic N) is 2. The number of likely N-dealkylation sites (N-methyl/N-ethyl adjacent to an activating group) is 1. The van der Waals surface area contributed by atoms with Gasteiger partial charge in [-0.25, -0.2) is 9.37 Å². The van der Waals surface area contributed by atoms with Gasteiger partial charge < -0.3 is 14.6 Å². The van der Waals surface area contributed by atoms with Crippen molar-refractivity contribution >= 4 is 0 Å². The molecule has 0 saturated heterocycles. The number of methoxy groups -OCH3 is 1. The first-order valence-electron chi connectivity index (χ1n) is 6.12. The van der Waals surface area contributed by atoms with Gasteiger partial charge in [0.2, 0.25) is 0 Å². The largest absolute Gasteiger partial charge is 0.494 e. The molecule has 0 amide bonds. The topological polar surface area (TPSA) is 39.1 Å². The number of hydrogen-bond acceptors (Lipinski definition) is 3. The maximum atomic E-state index is 13.7. The molecule has 0 aliphatic carbocycles. The van der Waals surface area contributed by atoms with E-state index in [-0.39, 0.29) is 17.6 Å². The van der Waals surface area contributed by atoms with E-state index >= 15 is 0 Å². The Morgan fingerprint density at radius 1 is 1.47 bits per heavy atom. The van der Waals surface area contributed by atoms with E-state index in [1.54, 1.807) is 12.3 Å². The highest BCUT2D eigenvalue weighted by Crippen LogP contribution is 2.23.